The minimum atomic E-state index is -4.99. The normalized spacial score (nSPS) is 14.8. The summed E-state index contributed by atoms with van der Waals surface area (Å²) in [6.07, 6.45) is 70.8. The number of aliphatic hydroxyl groups excluding tert-OH is 1. The summed E-state index contributed by atoms with van der Waals surface area (Å²) >= 11 is 0. The van der Waals surface area contributed by atoms with Crippen molar-refractivity contribution in [2.24, 2.45) is 0 Å². The fourth-order valence-electron chi connectivity index (χ4n) is 8.94. The molecule has 0 heterocycles. The third-order valence-corrected chi connectivity index (χ3v) is 16.3. The molecule has 19 heteroatoms. The van der Waals surface area contributed by atoms with Crippen LogP contribution in [-0.2, 0) is 65.4 Å². The van der Waals surface area contributed by atoms with Gasteiger partial charge < -0.3 is 33.8 Å². The van der Waals surface area contributed by atoms with Gasteiger partial charge in [0.2, 0.25) is 0 Å². The number of phosphoric ester groups is 2. The van der Waals surface area contributed by atoms with E-state index in [2.05, 4.69) is 137 Å². The monoisotopic (exact) mass is 1360 g/mol. The van der Waals surface area contributed by atoms with Crippen LogP contribution in [-0.4, -0.2) is 96.7 Å². The number of ether oxygens (including phenoxy) is 4. The Balaban J connectivity index is 5.40. The highest BCUT2D eigenvalue weighted by molar-refractivity contribution is 7.47. The SMILES string of the molecule is CC/C=C\C/C=C\C/C=C\C/C=C\C/C=C\CCCC(=O)OCC(COP(=O)(O)OCC(O)COP(=O)(O)OCC(COC(=O)CCCCCCC/C=C\CCCC)OC(=O)CCCCCCC/C=C\CCCC)OC(=O)CCCCCCC/C=C\C/C=C\C/C=C\CC. The van der Waals surface area contributed by atoms with Gasteiger partial charge in [0.25, 0.3) is 0 Å². The van der Waals surface area contributed by atoms with Crippen LogP contribution in [0.4, 0.5) is 0 Å². The molecule has 0 bridgehead atoms. The topological polar surface area (TPSA) is 237 Å². The number of hydrogen-bond acceptors (Lipinski definition) is 15. The average Bonchev–Trinajstić information content (AvgIpc) is 1.29. The van der Waals surface area contributed by atoms with Gasteiger partial charge in [-0.05, 0) is 135 Å². The molecule has 0 saturated carbocycles. The smallest absolute Gasteiger partial charge is 0.462 e. The summed E-state index contributed by atoms with van der Waals surface area (Å²) in [7, 11) is -9.96. The van der Waals surface area contributed by atoms with Gasteiger partial charge >= 0.3 is 39.5 Å². The Bertz CT molecular complexity index is 2270. The van der Waals surface area contributed by atoms with E-state index in [1.165, 1.54) is 25.7 Å². The van der Waals surface area contributed by atoms with Crippen molar-refractivity contribution in [1.29, 1.82) is 0 Å². The van der Waals surface area contributed by atoms with E-state index in [-0.39, 0.29) is 25.7 Å². The first-order valence-corrected chi connectivity index (χ1v) is 38.8. The molecule has 0 fully saturated rings. The largest absolute Gasteiger partial charge is 0.472 e. The molecule has 5 atom stereocenters. The number of hydrogen-bond donors (Lipinski definition) is 3. The summed E-state index contributed by atoms with van der Waals surface area (Å²) in [5, 5.41) is 10.6. The molecule has 0 aliphatic rings. The maximum atomic E-state index is 13.0. The van der Waals surface area contributed by atoms with Crippen LogP contribution in [0.25, 0.3) is 0 Å². The fourth-order valence-corrected chi connectivity index (χ4v) is 10.5. The summed E-state index contributed by atoms with van der Waals surface area (Å²) in [4.78, 5) is 72.6. The molecule has 3 N–H and O–H groups in total. The lowest BCUT2D eigenvalue weighted by atomic mass is 10.1. The van der Waals surface area contributed by atoms with Crippen molar-refractivity contribution >= 4 is 39.5 Å². The van der Waals surface area contributed by atoms with Gasteiger partial charge in [-0.25, -0.2) is 9.13 Å². The third-order valence-electron chi connectivity index (χ3n) is 14.4. The molecular formula is C75H126O17P2. The van der Waals surface area contributed by atoms with Crippen LogP contribution >= 0.6 is 15.6 Å². The summed E-state index contributed by atoms with van der Waals surface area (Å²) in [6.45, 7) is 4.43. The second-order valence-corrected chi connectivity index (χ2v) is 26.3. The van der Waals surface area contributed by atoms with Gasteiger partial charge in [0.15, 0.2) is 12.2 Å². The molecule has 538 valence electrons. The Morgan fingerprint density at radius 2 is 0.564 bits per heavy atom. The van der Waals surface area contributed by atoms with Crippen LogP contribution in [0.15, 0.2) is 122 Å². The van der Waals surface area contributed by atoms with Gasteiger partial charge in [-0.3, -0.25) is 37.3 Å². The fraction of sp³-hybridized carbons (Fsp3) is 0.680. The summed E-state index contributed by atoms with van der Waals surface area (Å²) in [5.74, 6) is -2.29. The maximum Gasteiger partial charge on any atom is 0.472 e. The van der Waals surface area contributed by atoms with Crippen LogP contribution in [0.2, 0.25) is 0 Å². The number of carbonyl (C=O) groups excluding carboxylic acids is 4. The predicted octanol–water partition coefficient (Wildman–Crippen LogP) is 20.0. The minimum absolute atomic E-state index is 0.0603. The molecule has 17 nitrogen and oxygen atoms in total. The van der Waals surface area contributed by atoms with E-state index in [9.17, 15) is 43.2 Å². The molecule has 0 aromatic carbocycles. The van der Waals surface area contributed by atoms with E-state index in [0.717, 1.165) is 161 Å². The number of rotatable bonds is 66. The van der Waals surface area contributed by atoms with Gasteiger partial charge in [-0.15, -0.1) is 0 Å². The Morgan fingerprint density at radius 3 is 0.904 bits per heavy atom. The zero-order valence-electron chi connectivity index (χ0n) is 58.3. The Morgan fingerprint density at radius 1 is 0.309 bits per heavy atom. The van der Waals surface area contributed by atoms with E-state index < -0.39 is 97.5 Å². The number of phosphoric acid groups is 2. The summed E-state index contributed by atoms with van der Waals surface area (Å²) < 4.78 is 68.1. The van der Waals surface area contributed by atoms with Crippen molar-refractivity contribution in [2.75, 3.05) is 39.6 Å². The Labute approximate surface area is 568 Å². The quantitative estimate of drug-likeness (QED) is 0.0169. The molecule has 94 heavy (non-hydrogen) atoms. The number of unbranched alkanes of at least 4 members (excludes halogenated alkanes) is 20. The Hall–Kier alpha value is -4.54. The standard InChI is InChI=1S/C75H126O17P2/c1-5-9-13-17-21-25-29-31-33-34-36-37-41-44-48-52-56-60-73(78)86-66-71(92-75(80)62-58-54-50-46-42-38-35-32-30-26-22-18-14-10-6-2)68-90-94(83,84)88-64-69(76)63-87-93(81,82)89-67-70(91-74(79)61-57-53-49-45-40-28-24-20-16-12-8-4)65-85-72(77)59-55-51-47-43-39-27-23-19-15-11-7-3/h9-10,13-14,19-26,31-33,35-37,44,48,69-71,76H,5-8,11-12,15-18,27-30,34,38-43,45-47,49-68H2,1-4H3,(H,81,82)(H,83,84)/b13-9-,14-10-,23-19-,24-20-,25-21-,26-22-,33-31-,35-32-,37-36-,48-44-. The second kappa shape index (κ2) is 67.0. The first-order chi connectivity index (χ1) is 45.7. The van der Waals surface area contributed by atoms with Crippen molar-refractivity contribution in [2.45, 2.75) is 290 Å². The average molecular weight is 1360 g/mol. The lowest BCUT2D eigenvalue weighted by Crippen LogP contribution is -2.30. The van der Waals surface area contributed by atoms with E-state index in [0.29, 0.717) is 32.1 Å². The van der Waals surface area contributed by atoms with Gasteiger partial charge in [0.1, 0.15) is 19.3 Å². The van der Waals surface area contributed by atoms with Crippen LogP contribution in [0.3, 0.4) is 0 Å². The summed E-state index contributed by atoms with van der Waals surface area (Å²) in [5.41, 5.74) is 0. The Kier molecular flexibility index (Phi) is 63.8. The number of carbonyl (C=O) groups is 4. The molecule has 0 saturated heterocycles. The molecular weight excluding hydrogens is 1230 g/mol. The van der Waals surface area contributed by atoms with Crippen molar-refractivity contribution in [3.63, 3.8) is 0 Å². The second-order valence-electron chi connectivity index (χ2n) is 23.4. The molecule has 5 unspecified atom stereocenters. The van der Waals surface area contributed by atoms with Gasteiger partial charge in [-0.1, -0.05) is 233 Å². The highest BCUT2D eigenvalue weighted by atomic mass is 31.2. The highest BCUT2D eigenvalue weighted by Crippen LogP contribution is 2.45. The van der Waals surface area contributed by atoms with E-state index in [1.807, 2.05) is 12.2 Å². The highest BCUT2D eigenvalue weighted by Gasteiger charge is 2.30. The van der Waals surface area contributed by atoms with Gasteiger partial charge in [0, 0.05) is 25.7 Å². The molecule has 0 spiro atoms. The van der Waals surface area contributed by atoms with E-state index >= 15 is 0 Å². The van der Waals surface area contributed by atoms with Crippen LogP contribution < -0.4 is 0 Å². The van der Waals surface area contributed by atoms with Crippen molar-refractivity contribution in [3.05, 3.63) is 122 Å². The van der Waals surface area contributed by atoms with Gasteiger partial charge in [-0.2, -0.15) is 0 Å². The van der Waals surface area contributed by atoms with E-state index in [1.54, 1.807) is 0 Å². The lowest BCUT2D eigenvalue weighted by molar-refractivity contribution is -0.161. The van der Waals surface area contributed by atoms with Crippen LogP contribution in [0, 0.1) is 0 Å². The zero-order chi connectivity index (χ0) is 69.0. The van der Waals surface area contributed by atoms with Crippen molar-refractivity contribution in [1.82, 2.24) is 0 Å². The molecule has 0 amide bonds. The molecule has 0 aliphatic carbocycles. The molecule has 0 radical (unpaired) electrons. The number of aliphatic hydroxyl groups is 1. The third kappa shape index (κ3) is 66.1. The predicted molar refractivity (Wildman–Crippen MR) is 381 cm³/mol. The minimum Gasteiger partial charge on any atom is -0.462 e. The van der Waals surface area contributed by atoms with Crippen molar-refractivity contribution < 1.29 is 80.2 Å². The molecule has 0 aromatic rings. The number of allylic oxidation sites excluding steroid dienone is 20. The van der Waals surface area contributed by atoms with Gasteiger partial charge in [0.05, 0.1) is 26.4 Å². The van der Waals surface area contributed by atoms with E-state index in [4.69, 9.17) is 37.0 Å². The molecule has 0 aromatic heterocycles. The zero-order valence-corrected chi connectivity index (χ0v) is 60.1. The molecule has 0 rings (SSSR count). The number of esters is 4. The summed E-state index contributed by atoms with van der Waals surface area (Å²) in [6, 6.07) is 0. The van der Waals surface area contributed by atoms with Crippen molar-refractivity contribution in [3.8, 4) is 0 Å². The lowest BCUT2D eigenvalue weighted by Gasteiger charge is -2.21. The first-order valence-electron chi connectivity index (χ1n) is 35.8. The van der Waals surface area contributed by atoms with Crippen LogP contribution in [0.1, 0.15) is 272 Å². The first kappa shape index (κ1) is 89.5. The molecule has 0 aliphatic heterocycles. The van der Waals surface area contributed by atoms with Crippen LogP contribution in [0.5, 0.6) is 0 Å². The maximum absolute atomic E-state index is 13.0.